The van der Waals surface area contributed by atoms with Gasteiger partial charge in [0.25, 0.3) is 5.91 Å². The van der Waals surface area contributed by atoms with Gasteiger partial charge in [0.15, 0.2) is 0 Å². The van der Waals surface area contributed by atoms with E-state index >= 15 is 0 Å². The predicted molar refractivity (Wildman–Crippen MR) is 106 cm³/mol. The number of aromatic nitrogens is 2. The van der Waals surface area contributed by atoms with Crippen molar-refractivity contribution < 1.29 is 9.59 Å². The zero-order chi connectivity index (χ0) is 19.2. The van der Waals surface area contributed by atoms with E-state index in [1.807, 2.05) is 20.0 Å². The summed E-state index contributed by atoms with van der Waals surface area (Å²) in [5.74, 6) is -0.0790. The highest BCUT2D eigenvalue weighted by atomic mass is 16.2. The van der Waals surface area contributed by atoms with E-state index in [0.29, 0.717) is 5.56 Å². The van der Waals surface area contributed by atoms with Gasteiger partial charge in [-0.2, -0.15) is 5.10 Å². The van der Waals surface area contributed by atoms with Crippen LogP contribution in [-0.4, -0.2) is 45.1 Å². The average molecular weight is 375 g/mol. The van der Waals surface area contributed by atoms with Gasteiger partial charge in [0.05, 0.1) is 11.8 Å². The molecular weight excluding hydrogens is 340 g/mol. The number of amides is 2. The van der Waals surface area contributed by atoms with E-state index in [2.05, 4.69) is 10.4 Å². The zero-order valence-corrected chi connectivity index (χ0v) is 16.8. The topological polar surface area (TPSA) is 67.2 Å². The summed E-state index contributed by atoms with van der Waals surface area (Å²) >= 11 is 0. The highest BCUT2D eigenvalue weighted by molar-refractivity contribution is 5.96. The summed E-state index contributed by atoms with van der Waals surface area (Å²) in [5.41, 5.74) is 0.583. The Labute approximate surface area is 162 Å². The van der Waals surface area contributed by atoms with Gasteiger partial charge < -0.3 is 10.2 Å². The van der Waals surface area contributed by atoms with Crippen LogP contribution in [0.5, 0.6) is 0 Å². The summed E-state index contributed by atoms with van der Waals surface area (Å²) in [4.78, 5) is 27.7. The van der Waals surface area contributed by atoms with Crippen LogP contribution in [0.1, 0.15) is 94.5 Å². The summed E-state index contributed by atoms with van der Waals surface area (Å²) in [6, 6.07) is 0.647. The van der Waals surface area contributed by atoms with E-state index in [1.165, 1.54) is 25.7 Å². The maximum atomic E-state index is 13.2. The van der Waals surface area contributed by atoms with Gasteiger partial charge >= 0.3 is 0 Å². The molecule has 150 valence electrons. The smallest absolute Gasteiger partial charge is 0.257 e. The third kappa shape index (κ3) is 5.33. The Morgan fingerprint density at radius 3 is 2.33 bits per heavy atom. The molecule has 6 heteroatoms. The van der Waals surface area contributed by atoms with Crippen molar-refractivity contribution >= 4 is 11.8 Å². The Balaban J connectivity index is 1.69. The molecule has 2 saturated carbocycles. The fraction of sp³-hybridized carbons (Fsp3) is 0.762. The van der Waals surface area contributed by atoms with Gasteiger partial charge in [-0.25, -0.2) is 0 Å². The molecule has 2 amide bonds. The van der Waals surface area contributed by atoms with Crippen molar-refractivity contribution in [2.75, 3.05) is 6.54 Å². The number of rotatable bonds is 6. The average Bonchev–Trinajstić information content (AvgIpc) is 3.18. The molecule has 2 aliphatic carbocycles. The molecule has 0 radical (unpaired) electrons. The molecule has 1 N–H and O–H groups in total. The second kappa shape index (κ2) is 9.38. The van der Waals surface area contributed by atoms with Gasteiger partial charge in [-0.05, 0) is 39.5 Å². The van der Waals surface area contributed by atoms with Crippen LogP contribution in [0.25, 0.3) is 0 Å². The van der Waals surface area contributed by atoms with Crippen LogP contribution in [0.2, 0.25) is 0 Å². The maximum absolute atomic E-state index is 13.2. The number of nitrogens with zero attached hydrogens (tertiary/aromatic N) is 3. The minimum atomic E-state index is -0.0624. The van der Waals surface area contributed by atoms with Crippen molar-refractivity contribution in [3.63, 3.8) is 0 Å². The first-order valence-electron chi connectivity index (χ1n) is 10.7. The van der Waals surface area contributed by atoms with E-state index in [0.717, 1.165) is 38.5 Å². The van der Waals surface area contributed by atoms with Crippen molar-refractivity contribution in [1.29, 1.82) is 0 Å². The Morgan fingerprint density at radius 2 is 1.74 bits per heavy atom. The fourth-order valence-corrected chi connectivity index (χ4v) is 4.33. The van der Waals surface area contributed by atoms with Crippen molar-refractivity contribution in [3.05, 3.63) is 18.0 Å². The van der Waals surface area contributed by atoms with Crippen molar-refractivity contribution in [2.45, 2.75) is 96.2 Å². The van der Waals surface area contributed by atoms with Crippen LogP contribution in [0.3, 0.4) is 0 Å². The largest absolute Gasteiger partial charge is 0.352 e. The minimum Gasteiger partial charge on any atom is -0.352 e. The van der Waals surface area contributed by atoms with Gasteiger partial charge in [-0.1, -0.05) is 38.5 Å². The summed E-state index contributed by atoms with van der Waals surface area (Å²) in [7, 11) is 0. The molecule has 1 heterocycles. The van der Waals surface area contributed by atoms with Gasteiger partial charge in [0, 0.05) is 24.3 Å². The molecule has 2 fully saturated rings. The maximum Gasteiger partial charge on any atom is 0.257 e. The van der Waals surface area contributed by atoms with Gasteiger partial charge in [-0.3, -0.25) is 14.3 Å². The van der Waals surface area contributed by atoms with Gasteiger partial charge in [-0.15, -0.1) is 0 Å². The normalized spacial score (nSPS) is 19.2. The monoisotopic (exact) mass is 374 g/mol. The van der Waals surface area contributed by atoms with Crippen molar-refractivity contribution in [1.82, 2.24) is 20.0 Å². The molecule has 0 bridgehead atoms. The van der Waals surface area contributed by atoms with Crippen molar-refractivity contribution in [2.24, 2.45) is 0 Å². The Bertz CT molecular complexity index is 628. The van der Waals surface area contributed by atoms with Crippen LogP contribution in [0.4, 0.5) is 0 Å². The summed E-state index contributed by atoms with van der Waals surface area (Å²) in [6.45, 7) is 4.24. The van der Waals surface area contributed by atoms with Crippen LogP contribution in [0.15, 0.2) is 12.4 Å². The van der Waals surface area contributed by atoms with Crippen molar-refractivity contribution in [3.8, 4) is 0 Å². The molecule has 1 aromatic heterocycles. The molecule has 27 heavy (non-hydrogen) atoms. The minimum absolute atomic E-state index is 0.0166. The lowest BCUT2D eigenvalue weighted by atomic mass is 9.93. The quantitative estimate of drug-likeness (QED) is 0.826. The predicted octanol–water partition coefficient (Wildman–Crippen LogP) is 3.69. The third-order valence-electron chi connectivity index (χ3n) is 5.94. The molecular formula is C21H34N4O2. The highest BCUT2D eigenvalue weighted by Crippen LogP contribution is 2.24. The van der Waals surface area contributed by atoms with Gasteiger partial charge in [0.2, 0.25) is 5.91 Å². The SMILES string of the molecule is CC(C)n1cc(C(=O)N(CC(=O)NC2CCCCC2)C2CCCCC2)cn1. The molecule has 3 rings (SSSR count). The third-order valence-corrected chi connectivity index (χ3v) is 5.94. The van der Waals surface area contributed by atoms with E-state index < -0.39 is 0 Å². The Morgan fingerprint density at radius 1 is 1.11 bits per heavy atom. The second-order valence-electron chi connectivity index (χ2n) is 8.43. The standard InChI is InChI=1S/C21H34N4O2/c1-16(2)25-14-17(13-22-25)21(27)24(19-11-7-4-8-12-19)15-20(26)23-18-9-5-3-6-10-18/h13-14,16,18-19H,3-12,15H2,1-2H3,(H,23,26). The van der Waals surface area contributed by atoms with Crippen LogP contribution < -0.4 is 5.32 Å². The number of nitrogens with one attached hydrogen (secondary N) is 1. The summed E-state index contributed by atoms with van der Waals surface area (Å²) < 4.78 is 1.80. The molecule has 2 aliphatic rings. The number of carbonyl (C=O) groups excluding carboxylic acids is 2. The molecule has 0 aromatic carbocycles. The molecule has 0 aliphatic heterocycles. The lowest BCUT2D eigenvalue weighted by Crippen LogP contribution is -2.49. The number of carbonyl (C=O) groups is 2. The molecule has 0 unspecified atom stereocenters. The second-order valence-corrected chi connectivity index (χ2v) is 8.43. The first kappa shape index (κ1) is 19.9. The first-order chi connectivity index (χ1) is 13.0. The summed E-state index contributed by atoms with van der Waals surface area (Å²) in [6.07, 6.45) is 14.6. The van der Waals surface area contributed by atoms with E-state index in [-0.39, 0.29) is 36.5 Å². The zero-order valence-electron chi connectivity index (χ0n) is 16.8. The Hall–Kier alpha value is -1.85. The van der Waals surface area contributed by atoms with E-state index in [9.17, 15) is 9.59 Å². The molecule has 1 aromatic rings. The molecule has 6 nitrogen and oxygen atoms in total. The lowest BCUT2D eigenvalue weighted by molar-refractivity contribution is -0.123. The molecule has 0 spiro atoms. The summed E-state index contributed by atoms with van der Waals surface area (Å²) in [5, 5.41) is 7.47. The first-order valence-corrected chi connectivity index (χ1v) is 10.7. The Kier molecular flexibility index (Phi) is 6.91. The number of hydrogen-bond donors (Lipinski definition) is 1. The number of hydrogen-bond acceptors (Lipinski definition) is 3. The lowest BCUT2D eigenvalue weighted by Gasteiger charge is -2.34. The molecule has 0 saturated heterocycles. The highest BCUT2D eigenvalue weighted by Gasteiger charge is 2.29. The molecule has 0 atom stereocenters. The van der Waals surface area contributed by atoms with Crippen LogP contribution in [0, 0.1) is 0 Å². The van der Waals surface area contributed by atoms with Crippen LogP contribution >= 0.6 is 0 Å². The van der Waals surface area contributed by atoms with E-state index in [4.69, 9.17) is 0 Å². The fourth-order valence-electron chi connectivity index (χ4n) is 4.33. The van der Waals surface area contributed by atoms with Crippen LogP contribution in [-0.2, 0) is 4.79 Å². The van der Waals surface area contributed by atoms with E-state index in [1.54, 1.807) is 15.8 Å². The van der Waals surface area contributed by atoms with Gasteiger partial charge in [0.1, 0.15) is 6.54 Å².